The van der Waals surface area contributed by atoms with Crippen LogP contribution in [0.15, 0.2) is 30.4 Å². The quantitative estimate of drug-likeness (QED) is 0.320. The van der Waals surface area contributed by atoms with Crippen molar-refractivity contribution < 1.29 is 19.7 Å². The van der Waals surface area contributed by atoms with E-state index in [1.807, 2.05) is 6.92 Å². The van der Waals surface area contributed by atoms with E-state index in [9.17, 15) is 15.0 Å². The van der Waals surface area contributed by atoms with Crippen LogP contribution in [0.1, 0.15) is 12.5 Å². The van der Waals surface area contributed by atoms with Crippen LogP contribution >= 0.6 is 0 Å². The second-order valence-electron chi connectivity index (χ2n) is 4.93. The van der Waals surface area contributed by atoms with Gasteiger partial charge in [-0.2, -0.15) is 0 Å². The number of rotatable bonds is 8. The van der Waals surface area contributed by atoms with E-state index < -0.39 is 6.04 Å². The van der Waals surface area contributed by atoms with Crippen LogP contribution in [0.3, 0.4) is 0 Å². The average Bonchev–Trinajstić information content (AvgIpc) is 2.42. The van der Waals surface area contributed by atoms with Gasteiger partial charge in [0.05, 0.1) is 19.3 Å². The summed E-state index contributed by atoms with van der Waals surface area (Å²) in [4.78, 5) is 11.8. The predicted molar refractivity (Wildman–Crippen MR) is 80.1 cm³/mol. The number of benzene rings is 1. The highest BCUT2D eigenvalue weighted by molar-refractivity contribution is 5.81. The number of aromatic hydroxyl groups is 2. The van der Waals surface area contributed by atoms with Crippen molar-refractivity contribution in [2.75, 3.05) is 19.8 Å². The lowest BCUT2D eigenvalue weighted by molar-refractivity contribution is -0.122. The zero-order valence-corrected chi connectivity index (χ0v) is 12.1. The van der Waals surface area contributed by atoms with Gasteiger partial charge in [0.2, 0.25) is 5.91 Å². The minimum Gasteiger partial charge on any atom is -0.504 e. The first kappa shape index (κ1) is 17.0. The van der Waals surface area contributed by atoms with Gasteiger partial charge in [0, 0.05) is 6.54 Å². The number of carbonyl (C=O) groups is 1. The predicted octanol–water partition coefficient (Wildman–Crippen LogP) is 0.677. The highest BCUT2D eigenvalue weighted by Gasteiger charge is 2.14. The van der Waals surface area contributed by atoms with E-state index in [2.05, 4.69) is 11.9 Å². The molecule has 6 nitrogen and oxygen atoms in total. The van der Waals surface area contributed by atoms with Crippen molar-refractivity contribution in [3.05, 3.63) is 35.9 Å². The number of hydrogen-bond acceptors (Lipinski definition) is 5. The van der Waals surface area contributed by atoms with Gasteiger partial charge in [0.15, 0.2) is 11.5 Å². The lowest BCUT2D eigenvalue weighted by atomic mass is 10.1. The van der Waals surface area contributed by atoms with Gasteiger partial charge >= 0.3 is 0 Å². The van der Waals surface area contributed by atoms with Crippen LogP contribution in [0.4, 0.5) is 0 Å². The normalized spacial score (nSPS) is 11.9. The Hall–Kier alpha value is -2.05. The first-order chi connectivity index (χ1) is 9.90. The number of amides is 1. The molecule has 1 atom stereocenters. The molecule has 0 aromatic heterocycles. The molecule has 1 amide bonds. The minimum absolute atomic E-state index is 0.202. The third-order valence-electron chi connectivity index (χ3n) is 2.73. The number of ether oxygens (including phenoxy) is 1. The largest absolute Gasteiger partial charge is 0.504 e. The Morgan fingerprint density at radius 1 is 1.43 bits per heavy atom. The summed E-state index contributed by atoms with van der Waals surface area (Å²) in [6.07, 6.45) is 0.270. The molecule has 0 unspecified atom stereocenters. The van der Waals surface area contributed by atoms with E-state index >= 15 is 0 Å². The average molecular weight is 294 g/mol. The van der Waals surface area contributed by atoms with Crippen molar-refractivity contribution in [3.8, 4) is 11.5 Å². The van der Waals surface area contributed by atoms with Gasteiger partial charge in [-0.15, -0.1) is 0 Å². The summed E-state index contributed by atoms with van der Waals surface area (Å²) in [6, 6.07) is 3.63. The van der Waals surface area contributed by atoms with Crippen molar-refractivity contribution >= 4 is 5.91 Å². The van der Waals surface area contributed by atoms with E-state index in [1.165, 1.54) is 12.1 Å². The molecule has 0 radical (unpaired) electrons. The van der Waals surface area contributed by atoms with Crippen molar-refractivity contribution in [1.29, 1.82) is 0 Å². The molecule has 0 saturated heterocycles. The summed E-state index contributed by atoms with van der Waals surface area (Å²) < 4.78 is 5.26. The topological polar surface area (TPSA) is 105 Å². The number of nitrogens with two attached hydrogens (primary N) is 1. The van der Waals surface area contributed by atoms with Gasteiger partial charge in [-0.1, -0.05) is 18.2 Å². The summed E-state index contributed by atoms with van der Waals surface area (Å²) in [5.41, 5.74) is 7.38. The minimum atomic E-state index is -0.727. The van der Waals surface area contributed by atoms with Crippen molar-refractivity contribution in [2.45, 2.75) is 19.4 Å². The number of nitrogens with one attached hydrogen (secondary N) is 1. The van der Waals surface area contributed by atoms with Crippen LogP contribution in [0.25, 0.3) is 0 Å². The molecule has 0 spiro atoms. The first-order valence-electron chi connectivity index (χ1n) is 6.66. The zero-order valence-electron chi connectivity index (χ0n) is 12.1. The zero-order chi connectivity index (χ0) is 15.8. The Balaban J connectivity index is 2.33. The molecule has 1 aromatic rings. The fourth-order valence-corrected chi connectivity index (χ4v) is 1.67. The molecular weight excluding hydrogens is 272 g/mol. The van der Waals surface area contributed by atoms with Crippen LogP contribution in [-0.2, 0) is 16.0 Å². The highest BCUT2D eigenvalue weighted by atomic mass is 16.5. The maximum Gasteiger partial charge on any atom is 0.237 e. The lowest BCUT2D eigenvalue weighted by Crippen LogP contribution is -2.43. The van der Waals surface area contributed by atoms with Crippen molar-refractivity contribution in [3.63, 3.8) is 0 Å². The third kappa shape index (κ3) is 6.29. The summed E-state index contributed by atoms with van der Waals surface area (Å²) in [5.74, 6) is -0.721. The molecule has 0 heterocycles. The standard InChI is InChI=1S/C15H22N2O4/c1-10(2)9-21-6-5-17-15(20)12(16)7-11-3-4-13(18)14(19)8-11/h3-4,8,12,18-19H,1,5-7,9,16H2,2H3,(H,17,20)/t12-/m0/s1. The number of phenols is 2. The van der Waals surface area contributed by atoms with Gasteiger partial charge < -0.3 is 26.0 Å². The van der Waals surface area contributed by atoms with Crippen LogP contribution in [0.2, 0.25) is 0 Å². The van der Waals surface area contributed by atoms with Crippen LogP contribution in [0, 0.1) is 0 Å². The fraction of sp³-hybridized carbons (Fsp3) is 0.400. The number of phenolic OH excluding ortho intramolecular Hbond substituents is 2. The Labute approximate surface area is 124 Å². The van der Waals surface area contributed by atoms with Crippen LogP contribution in [-0.4, -0.2) is 41.9 Å². The molecule has 116 valence electrons. The molecule has 6 heteroatoms. The third-order valence-corrected chi connectivity index (χ3v) is 2.73. The Morgan fingerprint density at radius 2 is 2.14 bits per heavy atom. The highest BCUT2D eigenvalue weighted by Crippen LogP contribution is 2.25. The van der Waals surface area contributed by atoms with E-state index in [0.29, 0.717) is 25.3 Å². The van der Waals surface area contributed by atoms with E-state index in [0.717, 1.165) is 5.57 Å². The van der Waals surface area contributed by atoms with Gasteiger partial charge in [-0.25, -0.2) is 0 Å². The lowest BCUT2D eigenvalue weighted by Gasteiger charge is -2.13. The molecule has 5 N–H and O–H groups in total. The smallest absolute Gasteiger partial charge is 0.237 e. The number of hydrogen-bond donors (Lipinski definition) is 4. The second kappa shape index (κ2) is 8.28. The molecule has 21 heavy (non-hydrogen) atoms. The maximum absolute atomic E-state index is 11.8. The van der Waals surface area contributed by atoms with Crippen molar-refractivity contribution in [1.82, 2.24) is 5.32 Å². The SMILES string of the molecule is C=C(C)COCCNC(=O)[C@@H](N)Cc1ccc(O)c(O)c1. The molecular formula is C15H22N2O4. The van der Waals surface area contributed by atoms with E-state index in [4.69, 9.17) is 10.5 Å². The fourth-order valence-electron chi connectivity index (χ4n) is 1.67. The molecule has 1 rings (SSSR count). The summed E-state index contributed by atoms with van der Waals surface area (Å²) in [7, 11) is 0. The molecule has 0 aliphatic rings. The van der Waals surface area contributed by atoms with Gasteiger partial charge in [0.25, 0.3) is 0 Å². The van der Waals surface area contributed by atoms with Crippen LogP contribution < -0.4 is 11.1 Å². The van der Waals surface area contributed by atoms with Gasteiger partial charge in [0.1, 0.15) is 0 Å². The van der Waals surface area contributed by atoms with Gasteiger partial charge in [-0.3, -0.25) is 4.79 Å². The molecule has 0 aliphatic carbocycles. The van der Waals surface area contributed by atoms with E-state index in [-0.39, 0.29) is 23.8 Å². The van der Waals surface area contributed by atoms with Gasteiger partial charge in [-0.05, 0) is 31.0 Å². The maximum atomic E-state index is 11.8. The number of carbonyl (C=O) groups excluding carboxylic acids is 1. The second-order valence-corrected chi connectivity index (χ2v) is 4.93. The summed E-state index contributed by atoms with van der Waals surface area (Å²) >= 11 is 0. The Kier molecular flexibility index (Phi) is 6.71. The molecule has 0 aliphatic heterocycles. The molecule has 0 saturated carbocycles. The van der Waals surface area contributed by atoms with Crippen LogP contribution in [0.5, 0.6) is 11.5 Å². The Bertz CT molecular complexity index is 502. The summed E-state index contributed by atoms with van der Waals surface area (Å²) in [5, 5.41) is 21.3. The summed E-state index contributed by atoms with van der Waals surface area (Å²) in [6.45, 7) is 6.81. The molecule has 1 aromatic carbocycles. The first-order valence-corrected chi connectivity index (χ1v) is 6.66. The monoisotopic (exact) mass is 294 g/mol. The molecule has 0 bridgehead atoms. The Morgan fingerprint density at radius 3 is 2.76 bits per heavy atom. The van der Waals surface area contributed by atoms with E-state index in [1.54, 1.807) is 6.07 Å². The van der Waals surface area contributed by atoms with Crippen molar-refractivity contribution in [2.24, 2.45) is 5.73 Å². The molecule has 0 fully saturated rings.